The van der Waals surface area contributed by atoms with Crippen molar-refractivity contribution in [1.29, 1.82) is 0 Å². The predicted molar refractivity (Wildman–Crippen MR) is 113 cm³/mol. The summed E-state index contributed by atoms with van der Waals surface area (Å²) >= 11 is 3.71. The molecule has 0 unspecified atom stereocenters. The van der Waals surface area contributed by atoms with E-state index in [-0.39, 0.29) is 5.91 Å². The van der Waals surface area contributed by atoms with Crippen molar-refractivity contribution >= 4 is 55.2 Å². The molecular formula is C18H18IN3O3S. The van der Waals surface area contributed by atoms with E-state index in [4.69, 9.17) is 9.47 Å². The van der Waals surface area contributed by atoms with E-state index in [9.17, 15) is 4.79 Å². The first-order chi connectivity index (χ1) is 12.6. The number of hydrogen-bond acceptors (Lipinski definition) is 6. The van der Waals surface area contributed by atoms with Crippen LogP contribution < -0.4 is 20.1 Å². The fourth-order valence-corrected chi connectivity index (χ4v) is 3.99. The SMILES string of the molecule is COc1cc(I)c(C(=O)NCCNc2nc3ccccc3s2)cc1OC. The van der Waals surface area contributed by atoms with Crippen LogP contribution in [0.3, 0.4) is 0 Å². The highest BCUT2D eigenvalue weighted by Crippen LogP contribution is 2.31. The average Bonchev–Trinajstić information content (AvgIpc) is 3.07. The summed E-state index contributed by atoms with van der Waals surface area (Å²) in [6.45, 7) is 1.08. The molecule has 0 spiro atoms. The molecule has 0 fully saturated rings. The first-order valence-electron chi connectivity index (χ1n) is 7.91. The van der Waals surface area contributed by atoms with Gasteiger partial charge >= 0.3 is 0 Å². The molecule has 26 heavy (non-hydrogen) atoms. The van der Waals surface area contributed by atoms with Gasteiger partial charge in [-0.2, -0.15) is 0 Å². The number of anilines is 1. The summed E-state index contributed by atoms with van der Waals surface area (Å²) in [5.74, 6) is 0.984. The van der Waals surface area contributed by atoms with Gasteiger partial charge in [-0.25, -0.2) is 4.98 Å². The molecule has 0 atom stereocenters. The molecule has 3 aromatic rings. The molecule has 3 rings (SSSR count). The molecule has 0 aliphatic heterocycles. The Labute approximate surface area is 169 Å². The Balaban J connectivity index is 1.57. The van der Waals surface area contributed by atoms with Gasteiger partial charge < -0.3 is 20.1 Å². The molecule has 1 heterocycles. The number of aromatic nitrogens is 1. The largest absolute Gasteiger partial charge is 0.493 e. The number of carbonyl (C=O) groups is 1. The lowest BCUT2D eigenvalue weighted by Crippen LogP contribution is -2.29. The van der Waals surface area contributed by atoms with Crippen molar-refractivity contribution in [2.75, 3.05) is 32.6 Å². The van der Waals surface area contributed by atoms with Crippen LogP contribution in [0, 0.1) is 3.57 Å². The maximum absolute atomic E-state index is 12.4. The second-order valence-corrected chi connectivity index (χ2v) is 7.55. The molecule has 0 aliphatic carbocycles. The molecule has 1 aromatic heterocycles. The number of rotatable bonds is 7. The molecule has 6 nitrogen and oxygen atoms in total. The zero-order valence-corrected chi connectivity index (χ0v) is 17.3. The van der Waals surface area contributed by atoms with Crippen molar-refractivity contribution in [3.63, 3.8) is 0 Å². The zero-order chi connectivity index (χ0) is 18.5. The molecule has 0 radical (unpaired) electrons. The molecule has 2 aromatic carbocycles. The number of fused-ring (bicyclic) bond motifs is 1. The number of nitrogens with zero attached hydrogens (tertiary/aromatic N) is 1. The second-order valence-electron chi connectivity index (χ2n) is 5.36. The Morgan fingerprint density at radius 3 is 2.62 bits per heavy atom. The number of halogens is 1. The van der Waals surface area contributed by atoms with E-state index >= 15 is 0 Å². The van der Waals surface area contributed by atoms with E-state index < -0.39 is 0 Å². The third kappa shape index (κ3) is 4.18. The van der Waals surface area contributed by atoms with Gasteiger partial charge in [-0.3, -0.25) is 4.79 Å². The van der Waals surface area contributed by atoms with Gasteiger partial charge in [-0.1, -0.05) is 23.5 Å². The number of carbonyl (C=O) groups excluding carboxylic acids is 1. The van der Waals surface area contributed by atoms with E-state index in [0.717, 1.165) is 18.9 Å². The maximum atomic E-state index is 12.4. The van der Waals surface area contributed by atoms with Gasteiger partial charge in [0.15, 0.2) is 16.6 Å². The predicted octanol–water partition coefficient (Wildman–Crippen LogP) is 3.76. The number of hydrogen-bond donors (Lipinski definition) is 2. The molecule has 8 heteroatoms. The minimum Gasteiger partial charge on any atom is -0.493 e. The summed E-state index contributed by atoms with van der Waals surface area (Å²) < 4.78 is 12.5. The lowest BCUT2D eigenvalue weighted by atomic mass is 10.2. The lowest BCUT2D eigenvalue weighted by Gasteiger charge is -2.12. The summed E-state index contributed by atoms with van der Waals surface area (Å²) in [7, 11) is 3.12. The molecule has 0 bridgehead atoms. The number of ether oxygens (including phenoxy) is 2. The first-order valence-corrected chi connectivity index (χ1v) is 9.81. The normalized spacial score (nSPS) is 10.6. The zero-order valence-electron chi connectivity index (χ0n) is 14.3. The third-order valence-corrected chi connectivity index (χ3v) is 5.59. The van der Waals surface area contributed by atoms with Crippen LogP contribution in [-0.2, 0) is 0 Å². The van der Waals surface area contributed by atoms with Gasteiger partial charge in [0.2, 0.25) is 0 Å². The highest BCUT2D eigenvalue weighted by molar-refractivity contribution is 14.1. The van der Waals surface area contributed by atoms with Crippen molar-refractivity contribution in [3.05, 3.63) is 45.5 Å². The number of amides is 1. The van der Waals surface area contributed by atoms with Crippen molar-refractivity contribution in [3.8, 4) is 11.5 Å². The molecule has 2 N–H and O–H groups in total. The number of methoxy groups -OCH3 is 2. The van der Waals surface area contributed by atoms with Crippen LogP contribution in [0.4, 0.5) is 5.13 Å². The summed E-state index contributed by atoms with van der Waals surface area (Å²) in [5, 5.41) is 7.00. The van der Waals surface area contributed by atoms with Crippen LogP contribution in [-0.4, -0.2) is 38.2 Å². The van der Waals surface area contributed by atoms with Crippen molar-refractivity contribution in [2.45, 2.75) is 0 Å². The van der Waals surface area contributed by atoms with E-state index in [1.165, 1.54) is 0 Å². The standard InChI is InChI=1S/C18H18IN3O3S/c1-24-14-9-11(12(19)10-15(14)25-2)17(23)20-7-8-21-18-22-13-5-3-4-6-16(13)26-18/h3-6,9-10H,7-8H2,1-2H3,(H,20,23)(H,21,22). The monoisotopic (exact) mass is 483 g/mol. The molecule has 136 valence electrons. The Morgan fingerprint density at radius 2 is 1.88 bits per heavy atom. The molecule has 1 amide bonds. The topological polar surface area (TPSA) is 72.5 Å². The van der Waals surface area contributed by atoms with Crippen LogP contribution in [0.2, 0.25) is 0 Å². The quantitative estimate of drug-likeness (QED) is 0.396. The highest BCUT2D eigenvalue weighted by atomic mass is 127. The van der Waals surface area contributed by atoms with E-state index in [1.807, 2.05) is 24.3 Å². The Hall–Kier alpha value is -2.07. The summed E-state index contributed by atoms with van der Waals surface area (Å²) in [4.78, 5) is 16.9. The second kappa shape index (κ2) is 8.54. The van der Waals surface area contributed by atoms with Gasteiger partial charge in [0.1, 0.15) is 0 Å². The Bertz CT molecular complexity index is 896. The molecule has 0 saturated carbocycles. The van der Waals surface area contributed by atoms with Crippen LogP contribution in [0.5, 0.6) is 11.5 Å². The van der Waals surface area contributed by atoms with Gasteiger partial charge in [-0.15, -0.1) is 0 Å². The maximum Gasteiger partial charge on any atom is 0.252 e. The molecule has 0 aliphatic rings. The van der Waals surface area contributed by atoms with Crippen LogP contribution in [0.25, 0.3) is 10.2 Å². The van der Waals surface area contributed by atoms with Gasteiger partial charge in [-0.05, 0) is 46.9 Å². The van der Waals surface area contributed by atoms with Crippen molar-refractivity contribution in [2.24, 2.45) is 0 Å². The smallest absolute Gasteiger partial charge is 0.252 e. The fourth-order valence-electron chi connectivity index (χ4n) is 2.42. The summed E-state index contributed by atoms with van der Waals surface area (Å²) in [5.41, 5.74) is 1.53. The number of benzene rings is 2. The van der Waals surface area contributed by atoms with Crippen molar-refractivity contribution in [1.82, 2.24) is 10.3 Å². The number of nitrogens with one attached hydrogen (secondary N) is 2. The van der Waals surface area contributed by atoms with E-state index in [1.54, 1.807) is 37.7 Å². The summed E-state index contributed by atoms with van der Waals surface area (Å²) in [6, 6.07) is 11.5. The Morgan fingerprint density at radius 1 is 1.15 bits per heavy atom. The minimum absolute atomic E-state index is 0.151. The van der Waals surface area contributed by atoms with Crippen LogP contribution in [0.15, 0.2) is 36.4 Å². The minimum atomic E-state index is -0.151. The van der Waals surface area contributed by atoms with Gasteiger partial charge in [0.25, 0.3) is 5.91 Å². The Kier molecular flexibility index (Phi) is 6.15. The average molecular weight is 483 g/mol. The third-order valence-electron chi connectivity index (χ3n) is 3.70. The van der Waals surface area contributed by atoms with Crippen molar-refractivity contribution < 1.29 is 14.3 Å². The first kappa shape index (κ1) is 18.7. The fraction of sp³-hybridized carbons (Fsp3) is 0.222. The summed E-state index contributed by atoms with van der Waals surface area (Å²) in [6.07, 6.45) is 0. The number of para-hydroxylation sites is 1. The van der Waals surface area contributed by atoms with E-state index in [0.29, 0.717) is 30.2 Å². The number of thiazole rings is 1. The van der Waals surface area contributed by atoms with Crippen LogP contribution in [0.1, 0.15) is 10.4 Å². The molecular weight excluding hydrogens is 465 g/mol. The van der Waals surface area contributed by atoms with Gasteiger partial charge in [0.05, 0.1) is 30.0 Å². The molecule has 0 saturated heterocycles. The van der Waals surface area contributed by atoms with E-state index in [2.05, 4.69) is 38.2 Å². The van der Waals surface area contributed by atoms with Gasteiger partial charge in [0, 0.05) is 16.7 Å². The van der Waals surface area contributed by atoms with Crippen LogP contribution >= 0.6 is 33.9 Å². The highest BCUT2D eigenvalue weighted by Gasteiger charge is 2.15. The lowest BCUT2D eigenvalue weighted by molar-refractivity contribution is 0.0954.